The molecule has 7 heteroatoms. The van der Waals surface area contributed by atoms with Gasteiger partial charge >= 0.3 is 0 Å². The highest BCUT2D eigenvalue weighted by Crippen LogP contribution is 2.23. The lowest BCUT2D eigenvalue weighted by Crippen LogP contribution is -2.05. The van der Waals surface area contributed by atoms with E-state index in [0.29, 0.717) is 12.5 Å². The first-order valence-electron chi connectivity index (χ1n) is 8.05. The molecule has 25 heavy (non-hydrogen) atoms. The molecule has 0 unspecified atom stereocenters. The molecule has 126 valence electrons. The van der Waals surface area contributed by atoms with Gasteiger partial charge in [0.05, 0.1) is 24.1 Å². The molecule has 0 saturated carbocycles. The van der Waals surface area contributed by atoms with Gasteiger partial charge in [0.2, 0.25) is 5.95 Å². The number of nitrogens with one attached hydrogen (secondary N) is 1. The zero-order valence-corrected chi connectivity index (χ0v) is 15.1. The Morgan fingerprint density at radius 3 is 2.76 bits per heavy atom. The summed E-state index contributed by atoms with van der Waals surface area (Å²) in [6.45, 7) is 6.85. The number of benzene rings is 1. The molecule has 3 aromatic heterocycles. The predicted octanol–water partition coefficient (Wildman–Crippen LogP) is 3.79. The number of anilines is 1. The van der Waals surface area contributed by atoms with Gasteiger partial charge in [-0.25, -0.2) is 9.97 Å². The molecule has 0 atom stereocenters. The Kier molecular flexibility index (Phi) is 3.93. The highest BCUT2D eigenvalue weighted by molar-refractivity contribution is 7.17. The van der Waals surface area contributed by atoms with Crippen LogP contribution in [0.15, 0.2) is 36.7 Å². The van der Waals surface area contributed by atoms with Gasteiger partial charge < -0.3 is 5.32 Å². The van der Waals surface area contributed by atoms with Crippen molar-refractivity contribution in [2.24, 2.45) is 0 Å². The van der Waals surface area contributed by atoms with E-state index in [4.69, 9.17) is 0 Å². The number of fused-ring (bicyclic) bond motifs is 1. The Bertz CT molecular complexity index is 1050. The maximum Gasteiger partial charge on any atom is 0.243 e. The zero-order valence-electron chi connectivity index (χ0n) is 14.3. The largest absolute Gasteiger partial charge is 0.347 e. The number of thiazole rings is 1. The fraction of sp³-hybridized carbons (Fsp3) is 0.222. The van der Waals surface area contributed by atoms with E-state index in [-0.39, 0.29) is 0 Å². The number of hydrogen-bond acceptors (Lipinski definition) is 6. The molecule has 4 aromatic rings. The van der Waals surface area contributed by atoms with Crippen molar-refractivity contribution >= 4 is 22.2 Å². The second-order valence-corrected chi connectivity index (χ2v) is 7.14. The van der Waals surface area contributed by atoms with E-state index in [1.165, 1.54) is 10.6 Å². The van der Waals surface area contributed by atoms with Gasteiger partial charge in [-0.15, -0.1) is 16.4 Å². The van der Waals surface area contributed by atoms with E-state index in [1.54, 1.807) is 17.5 Å². The van der Waals surface area contributed by atoms with Gasteiger partial charge in [-0.3, -0.25) is 4.40 Å². The Balaban J connectivity index is 1.54. The normalized spacial score (nSPS) is 11.2. The smallest absolute Gasteiger partial charge is 0.243 e. The van der Waals surface area contributed by atoms with Crippen molar-refractivity contribution in [2.75, 3.05) is 5.32 Å². The van der Waals surface area contributed by atoms with Gasteiger partial charge in [-0.1, -0.05) is 24.3 Å². The van der Waals surface area contributed by atoms with E-state index in [9.17, 15) is 0 Å². The number of aryl methyl sites for hydroxylation is 3. The highest BCUT2D eigenvalue weighted by atomic mass is 32.1. The first-order chi connectivity index (χ1) is 12.1. The van der Waals surface area contributed by atoms with Gasteiger partial charge in [-0.2, -0.15) is 5.10 Å². The first-order valence-corrected chi connectivity index (χ1v) is 8.87. The molecule has 0 radical (unpaired) electrons. The first kappa shape index (κ1) is 15.7. The maximum absolute atomic E-state index is 4.65. The molecule has 0 amide bonds. The summed E-state index contributed by atoms with van der Waals surface area (Å²) in [5.74, 6) is 0.505. The Labute approximate surface area is 149 Å². The molecule has 0 aliphatic carbocycles. The third-order valence-electron chi connectivity index (χ3n) is 4.25. The molecular weight excluding hydrogens is 332 g/mol. The van der Waals surface area contributed by atoms with Crippen molar-refractivity contribution in [1.82, 2.24) is 24.6 Å². The van der Waals surface area contributed by atoms with Gasteiger partial charge in [-0.05, 0) is 26.3 Å². The minimum absolute atomic E-state index is 0.505. The van der Waals surface area contributed by atoms with E-state index in [1.807, 2.05) is 18.2 Å². The second-order valence-electron chi connectivity index (χ2n) is 5.96. The fourth-order valence-corrected chi connectivity index (χ4v) is 3.70. The molecule has 0 fully saturated rings. The van der Waals surface area contributed by atoms with Crippen molar-refractivity contribution < 1.29 is 0 Å². The average molecular weight is 350 g/mol. The number of hydrogen-bond donors (Lipinski definition) is 1. The Morgan fingerprint density at radius 1 is 1.12 bits per heavy atom. The number of nitrogens with zero attached hydrogens (tertiary/aromatic N) is 5. The molecule has 3 heterocycles. The SMILES string of the molecule is Cc1ccccc1-c1cnnc(NCc2cn3c(C)c(C)sc3n2)n1. The van der Waals surface area contributed by atoms with Crippen LogP contribution in [-0.4, -0.2) is 24.6 Å². The summed E-state index contributed by atoms with van der Waals surface area (Å²) in [7, 11) is 0. The predicted molar refractivity (Wildman–Crippen MR) is 99.9 cm³/mol. The van der Waals surface area contributed by atoms with E-state index < -0.39 is 0 Å². The summed E-state index contributed by atoms with van der Waals surface area (Å²) in [6, 6.07) is 8.12. The van der Waals surface area contributed by atoms with Crippen molar-refractivity contribution in [3.63, 3.8) is 0 Å². The molecular formula is C18H18N6S. The average Bonchev–Trinajstić information content (AvgIpc) is 3.13. The van der Waals surface area contributed by atoms with Crippen LogP contribution in [0, 0.1) is 20.8 Å². The maximum atomic E-state index is 4.65. The molecule has 1 N–H and O–H groups in total. The standard InChI is InChI=1S/C18H18N6S/c1-11-6-4-5-7-15(11)16-9-20-23-17(22-16)19-8-14-10-24-12(2)13(3)25-18(24)21-14/h4-7,9-10H,8H2,1-3H3,(H,19,22,23). The van der Waals surface area contributed by atoms with Crippen LogP contribution in [0.25, 0.3) is 16.2 Å². The molecule has 0 spiro atoms. The summed E-state index contributed by atoms with van der Waals surface area (Å²) in [4.78, 5) is 11.5. The van der Waals surface area contributed by atoms with Gasteiger partial charge in [0.15, 0.2) is 4.96 Å². The molecule has 0 saturated heterocycles. The fourth-order valence-electron chi connectivity index (χ4n) is 2.73. The van der Waals surface area contributed by atoms with Crippen molar-refractivity contribution in [3.05, 3.63) is 58.5 Å². The summed E-state index contributed by atoms with van der Waals surface area (Å²) in [5, 5.41) is 11.4. The van der Waals surface area contributed by atoms with Crippen molar-refractivity contribution in [1.29, 1.82) is 0 Å². The quantitative estimate of drug-likeness (QED) is 0.606. The van der Waals surface area contributed by atoms with Crippen molar-refractivity contribution in [2.45, 2.75) is 27.3 Å². The molecule has 0 bridgehead atoms. The third kappa shape index (κ3) is 2.98. The molecule has 0 aliphatic rings. The van der Waals surface area contributed by atoms with Crippen LogP contribution in [0.1, 0.15) is 21.8 Å². The minimum Gasteiger partial charge on any atom is -0.347 e. The number of rotatable bonds is 4. The lowest BCUT2D eigenvalue weighted by Gasteiger charge is -2.06. The zero-order chi connectivity index (χ0) is 17.4. The molecule has 1 aromatic carbocycles. The van der Waals surface area contributed by atoms with E-state index in [0.717, 1.165) is 27.5 Å². The van der Waals surface area contributed by atoms with Crippen LogP contribution < -0.4 is 5.32 Å². The van der Waals surface area contributed by atoms with Crippen LogP contribution >= 0.6 is 11.3 Å². The van der Waals surface area contributed by atoms with Crippen LogP contribution in [0.4, 0.5) is 5.95 Å². The van der Waals surface area contributed by atoms with E-state index >= 15 is 0 Å². The Morgan fingerprint density at radius 2 is 1.96 bits per heavy atom. The minimum atomic E-state index is 0.505. The second kappa shape index (κ2) is 6.25. The highest BCUT2D eigenvalue weighted by Gasteiger charge is 2.10. The van der Waals surface area contributed by atoms with Crippen LogP contribution in [0.5, 0.6) is 0 Å². The topological polar surface area (TPSA) is 68.0 Å². The van der Waals surface area contributed by atoms with Gasteiger partial charge in [0, 0.05) is 22.3 Å². The van der Waals surface area contributed by atoms with Crippen LogP contribution in [0.2, 0.25) is 0 Å². The van der Waals surface area contributed by atoms with E-state index in [2.05, 4.69) is 62.9 Å². The van der Waals surface area contributed by atoms with Gasteiger partial charge in [0.25, 0.3) is 0 Å². The van der Waals surface area contributed by atoms with Crippen LogP contribution in [0.3, 0.4) is 0 Å². The summed E-state index contributed by atoms with van der Waals surface area (Å²) in [6.07, 6.45) is 3.74. The molecule has 6 nitrogen and oxygen atoms in total. The van der Waals surface area contributed by atoms with Gasteiger partial charge in [0.1, 0.15) is 0 Å². The lowest BCUT2D eigenvalue weighted by atomic mass is 10.1. The number of imidazole rings is 1. The number of aromatic nitrogens is 5. The van der Waals surface area contributed by atoms with Crippen LogP contribution in [-0.2, 0) is 6.54 Å². The monoisotopic (exact) mass is 350 g/mol. The third-order valence-corrected chi connectivity index (χ3v) is 5.32. The molecule has 4 rings (SSSR count). The summed E-state index contributed by atoms with van der Waals surface area (Å²) in [5.41, 5.74) is 5.23. The van der Waals surface area contributed by atoms with Crippen molar-refractivity contribution in [3.8, 4) is 11.3 Å². The summed E-state index contributed by atoms with van der Waals surface area (Å²) < 4.78 is 2.12. The molecule has 0 aliphatic heterocycles. The Hall–Kier alpha value is -2.80. The summed E-state index contributed by atoms with van der Waals surface area (Å²) >= 11 is 1.70. The lowest BCUT2D eigenvalue weighted by molar-refractivity contribution is 0.939.